The topological polar surface area (TPSA) is 80.0 Å². The van der Waals surface area contributed by atoms with Gasteiger partial charge >= 0.3 is 0 Å². The van der Waals surface area contributed by atoms with Gasteiger partial charge in [0, 0.05) is 25.4 Å². The van der Waals surface area contributed by atoms with Gasteiger partial charge < -0.3 is 16.4 Å². The fraction of sp³-hybridized carbons (Fsp3) is 0.214. The highest BCUT2D eigenvalue weighted by molar-refractivity contribution is 7.80. The number of hydrogen-bond donors (Lipinski definition) is 3. The van der Waals surface area contributed by atoms with Gasteiger partial charge in [-0.1, -0.05) is 30.4 Å². The van der Waals surface area contributed by atoms with E-state index in [9.17, 15) is 4.79 Å². The standard InChI is InChI=1S/C14H16N4OS/c1-16-12(19)6-7-17-14-10(13(15)20)8-9-4-2-3-5-11(9)18-14/h2-5,8H,6-7H2,1H3,(H2,15,20)(H,16,19)(H,17,18). The van der Waals surface area contributed by atoms with E-state index in [-0.39, 0.29) is 10.9 Å². The first-order valence-electron chi connectivity index (χ1n) is 6.26. The fourth-order valence-corrected chi connectivity index (χ4v) is 2.01. The second-order valence-electron chi connectivity index (χ2n) is 4.29. The summed E-state index contributed by atoms with van der Waals surface area (Å²) in [7, 11) is 1.61. The summed E-state index contributed by atoms with van der Waals surface area (Å²) in [4.78, 5) is 16.0. The van der Waals surface area contributed by atoms with Crippen molar-refractivity contribution >= 4 is 39.8 Å². The largest absolute Gasteiger partial charge is 0.389 e. The van der Waals surface area contributed by atoms with Gasteiger partial charge in [0.25, 0.3) is 0 Å². The lowest BCUT2D eigenvalue weighted by atomic mass is 10.1. The Bertz CT molecular complexity index is 657. The molecular weight excluding hydrogens is 272 g/mol. The SMILES string of the molecule is CNC(=O)CCNc1nc2ccccc2cc1C(N)=S. The number of anilines is 1. The van der Waals surface area contributed by atoms with Crippen molar-refractivity contribution in [2.45, 2.75) is 6.42 Å². The highest BCUT2D eigenvalue weighted by Gasteiger charge is 2.09. The van der Waals surface area contributed by atoms with Crippen LogP contribution >= 0.6 is 12.2 Å². The Kier molecular flexibility index (Phi) is 4.47. The number of aromatic nitrogens is 1. The maximum absolute atomic E-state index is 11.2. The van der Waals surface area contributed by atoms with Crippen LogP contribution in [0.1, 0.15) is 12.0 Å². The summed E-state index contributed by atoms with van der Waals surface area (Å²) in [6.45, 7) is 0.473. The zero-order chi connectivity index (χ0) is 14.5. The van der Waals surface area contributed by atoms with Crippen molar-refractivity contribution in [3.05, 3.63) is 35.9 Å². The number of fused-ring (bicyclic) bond motifs is 1. The molecule has 0 aliphatic carbocycles. The van der Waals surface area contributed by atoms with Crippen molar-refractivity contribution in [3.8, 4) is 0 Å². The van der Waals surface area contributed by atoms with Gasteiger partial charge in [-0.3, -0.25) is 4.79 Å². The Morgan fingerprint density at radius 1 is 1.40 bits per heavy atom. The third-order valence-corrected chi connectivity index (χ3v) is 3.13. The van der Waals surface area contributed by atoms with E-state index in [1.807, 2.05) is 30.3 Å². The Morgan fingerprint density at radius 2 is 2.15 bits per heavy atom. The molecule has 2 rings (SSSR count). The smallest absolute Gasteiger partial charge is 0.221 e. The van der Waals surface area contributed by atoms with E-state index in [4.69, 9.17) is 18.0 Å². The maximum Gasteiger partial charge on any atom is 0.221 e. The molecule has 6 heteroatoms. The lowest BCUT2D eigenvalue weighted by molar-refractivity contribution is -0.120. The molecule has 0 radical (unpaired) electrons. The molecule has 5 nitrogen and oxygen atoms in total. The van der Waals surface area contributed by atoms with Crippen LogP contribution in [0.4, 0.5) is 5.82 Å². The number of rotatable bonds is 5. The number of nitrogens with two attached hydrogens (primary N) is 1. The number of nitrogens with one attached hydrogen (secondary N) is 2. The van der Waals surface area contributed by atoms with Crippen molar-refractivity contribution in [1.82, 2.24) is 10.3 Å². The highest BCUT2D eigenvalue weighted by Crippen LogP contribution is 2.20. The first-order valence-corrected chi connectivity index (χ1v) is 6.66. The number of nitrogens with zero attached hydrogens (tertiary/aromatic N) is 1. The van der Waals surface area contributed by atoms with Crippen LogP contribution in [0.15, 0.2) is 30.3 Å². The number of benzene rings is 1. The second-order valence-corrected chi connectivity index (χ2v) is 4.73. The predicted molar refractivity (Wildman–Crippen MR) is 84.8 cm³/mol. The van der Waals surface area contributed by atoms with Crippen molar-refractivity contribution in [2.75, 3.05) is 18.9 Å². The number of carbonyl (C=O) groups excluding carboxylic acids is 1. The summed E-state index contributed by atoms with van der Waals surface area (Å²) in [5.74, 6) is 0.579. The number of amides is 1. The summed E-state index contributed by atoms with van der Waals surface area (Å²) >= 11 is 5.06. The average molecular weight is 288 g/mol. The molecule has 0 saturated carbocycles. The average Bonchev–Trinajstić information content (AvgIpc) is 2.46. The maximum atomic E-state index is 11.2. The van der Waals surface area contributed by atoms with E-state index >= 15 is 0 Å². The monoisotopic (exact) mass is 288 g/mol. The zero-order valence-electron chi connectivity index (χ0n) is 11.1. The van der Waals surface area contributed by atoms with Crippen molar-refractivity contribution in [2.24, 2.45) is 5.73 Å². The number of thiocarbonyl (C=S) groups is 1. The molecule has 0 saturated heterocycles. The molecule has 0 aliphatic heterocycles. The first-order chi connectivity index (χ1) is 9.61. The lowest BCUT2D eigenvalue weighted by Gasteiger charge is -2.11. The fourth-order valence-electron chi connectivity index (χ4n) is 1.86. The van der Waals surface area contributed by atoms with E-state index in [0.717, 1.165) is 10.9 Å². The molecule has 0 atom stereocenters. The molecule has 0 unspecified atom stereocenters. The minimum Gasteiger partial charge on any atom is -0.389 e. The molecule has 104 valence electrons. The molecule has 0 spiro atoms. The molecule has 2 aromatic rings. The predicted octanol–water partition coefficient (Wildman–Crippen LogP) is 1.42. The lowest BCUT2D eigenvalue weighted by Crippen LogP contribution is -2.22. The molecule has 0 fully saturated rings. The Balaban J connectivity index is 2.27. The van der Waals surface area contributed by atoms with Crippen LogP contribution in [-0.4, -0.2) is 29.5 Å². The second kappa shape index (κ2) is 6.29. The van der Waals surface area contributed by atoms with Gasteiger partial charge in [0.15, 0.2) is 0 Å². The summed E-state index contributed by atoms with van der Waals surface area (Å²) in [6, 6.07) is 9.64. The van der Waals surface area contributed by atoms with Gasteiger partial charge in [-0.25, -0.2) is 4.98 Å². The minimum atomic E-state index is -0.0323. The molecule has 20 heavy (non-hydrogen) atoms. The highest BCUT2D eigenvalue weighted by atomic mass is 32.1. The van der Waals surface area contributed by atoms with Gasteiger partial charge in [0.1, 0.15) is 10.8 Å². The van der Waals surface area contributed by atoms with Crippen LogP contribution in [-0.2, 0) is 4.79 Å². The molecule has 0 bridgehead atoms. The Labute approximate surface area is 122 Å². The number of carbonyl (C=O) groups is 1. The van der Waals surface area contributed by atoms with Gasteiger partial charge in [-0.05, 0) is 12.1 Å². The van der Waals surface area contributed by atoms with Crippen LogP contribution < -0.4 is 16.4 Å². The number of hydrogen-bond acceptors (Lipinski definition) is 4. The molecular formula is C14H16N4OS. The summed E-state index contributed by atoms with van der Waals surface area (Å²) in [6.07, 6.45) is 0.363. The van der Waals surface area contributed by atoms with E-state index in [1.165, 1.54) is 0 Å². The van der Waals surface area contributed by atoms with Crippen LogP contribution in [0.25, 0.3) is 10.9 Å². The van der Waals surface area contributed by atoms with Gasteiger partial charge in [0.2, 0.25) is 5.91 Å². The van der Waals surface area contributed by atoms with Crippen molar-refractivity contribution in [3.63, 3.8) is 0 Å². The first kappa shape index (κ1) is 14.2. The Morgan fingerprint density at radius 3 is 2.85 bits per heavy atom. The number of para-hydroxylation sites is 1. The Hall–Kier alpha value is -2.21. The van der Waals surface area contributed by atoms with E-state index in [2.05, 4.69) is 15.6 Å². The summed E-state index contributed by atoms with van der Waals surface area (Å²) < 4.78 is 0. The van der Waals surface area contributed by atoms with E-state index in [1.54, 1.807) is 7.05 Å². The molecule has 1 heterocycles. The van der Waals surface area contributed by atoms with Gasteiger partial charge in [-0.15, -0.1) is 0 Å². The molecule has 1 amide bonds. The van der Waals surface area contributed by atoms with Crippen LogP contribution in [0.2, 0.25) is 0 Å². The summed E-state index contributed by atoms with van der Waals surface area (Å²) in [5.41, 5.74) is 7.28. The zero-order valence-corrected chi connectivity index (χ0v) is 12.0. The molecule has 4 N–H and O–H groups in total. The van der Waals surface area contributed by atoms with Gasteiger partial charge in [-0.2, -0.15) is 0 Å². The van der Waals surface area contributed by atoms with Gasteiger partial charge in [0.05, 0.1) is 11.1 Å². The third kappa shape index (κ3) is 3.21. The van der Waals surface area contributed by atoms with Crippen molar-refractivity contribution in [1.29, 1.82) is 0 Å². The third-order valence-electron chi connectivity index (χ3n) is 2.91. The van der Waals surface area contributed by atoms with Crippen LogP contribution in [0.3, 0.4) is 0 Å². The van der Waals surface area contributed by atoms with E-state index < -0.39 is 0 Å². The van der Waals surface area contributed by atoms with E-state index in [0.29, 0.717) is 24.3 Å². The summed E-state index contributed by atoms with van der Waals surface area (Å²) in [5, 5.41) is 6.66. The minimum absolute atomic E-state index is 0.0323. The quantitative estimate of drug-likeness (QED) is 0.725. The van der Waals surface area contributed by atoms with Crippen molar-refractivity contribution < 1.29 is 4.79 Å². The molecule has 1 aromatic carbocycles. The normalized spacial score (nSPS) is 10.2. The molecule has 0 aliphatic rings. The van der Waals surface area contributed by atoms with Crippen LogP contribution in [0.5, 0.6) is 0 Å². The van der Waals surface area contributed by atoms with Crippen LogP contribution in [0, 0.1) is 0 Å². The number of pyridine rings is 1. The molecule has 1 aromatic heterocycles.